The van der Waals surface area contributed by atoms with E-state index in [2.05, 4.69) is 20.6 Å². The van der Waals surface area contributed by atoms with Crippen molar-refractivity contribution in [2.45, 2.75) is 38.2 Å². The number of nitrogens with two attached hydrogens (primary N) is 2. The summed E-state index contributed by atoms with van der Waals surface area (Å²) >= 11 is 0. The van der Waals surface area contributed by atoms with E-state index in [-0.39, 0.29) is 12.1 Å². The predicted molar refractivity (Wildman–Crippen MR) is 109 cm³/mol. The molecule has 7 nitrogen and oxygen atoms in total. The van der Waals surface area contributed by atoms with Crippen LogP contribution in [0.3, 0.4) is 0 Å². The SMILES string of the molecule is Nc1nc(N)c2c(OC(CC3CCNCC3)C3CCNCC3)cccc2n1. The molecule has 3 heterocycles. The molecular weight excluding hydrogens is 340 g/mol. The number of aromatic nitrogens is 2. The van der Waals surface area contributed by atoms with E-state index in [9.17, 15) is 0 Å². The molecule has 1 aromatic carbocycles. The van der Waals surface area contributed by atoms with Crippen LogP contribution in [0.25, 0.3) is 10.9 Å². The van der Waals surface area contributed by atoms with E-state index in [4.69, 9.17) is 16.2 Å². The number of nitrogen functional groups attached to an aromatic ring is 2. The Kier molecular flexibility index (Phi) is 5.59. The van der Waals surface area contributed by atoms with Crippen LogP contribution in [0.2, 0.25) is 0 Å². The van der Waals surface area contributed by atoms with Gasteiger partial charge in [0, 0.05) is 0 Å². The van der Waals surface area contributed by atoms with Crippen molar-refractivity contribution in [3.05, 3.63) is 18.2 Å². The summed E-state index contributed by atoms with van der Waals surface area (Å²) in [5.41, 5.74) is 12.7. The molecule has 0 bridgehead atoms. The van der Waals surface area contributed by atoms with Crippen molar-refractivity contribution < 1.29 is 4.74 Å². The van der Waals surface area contributed by atoms with E-state index in [1.807, 2.05) is 18.2 Å². The third-order valence-corrected chi connectivity index (χ3v) is 5.94. The average molecular weight is 371 g/mol. The minimum Gasteiger partial charge on any atom is -0.489 e. The van der Waals surface area contributed by atoms with E-state index in [0.29, 0.717) is 17.7 Å². The van der Waals surface area contributed by atoms with Crippen molar-refractivity contribution in [3.8, 4) is 5.75 Å². The van der Waals surface area contributed by atoms with Crippen LogP contribution < -0.4 is 26.8 Å². The summed E-state index contributed by atoms with van der Waals surface area (Å²) in [6.45, 7) is 4.35. The lowest BCUT2D eigenvalue weighted by molar-refractivity contribution is 0.0831. The van der Waals surface area contributed by atoms with Crippen LogP contribution in [0, 0.1) is 11.8 Å². The van der Waals surface area contributed by atoms with Crippen LogP contribution in [0.5, 0.6) is 5.75 Å². The number of benzene rings is 1. The normalized spacial score (nSPS) is 20.6. The molecule has 146 valence electrons. The van der Waals surface area contributed by atoms with Gasteiger partial charge < -0.3 is 26.8 Å². The van der Waals surface area contributed by atoms with E-state index < -0.39 is 0 Å². The minimum atomic E-state index is 0.192. The molecule has 27 heavy (non-hydrogen) atoms. The fraction of sp³-hybridized carbons (Fsp3) is 0.600. The van der Waals surface area contributed by atoms with E-state index in [1.54, 1.807) is 0 Å². The second-order valence-corrected chi connectivity index (χ2v) is 7.79. The summed E-state index contributed by atoms with van der Waals surface area (Å²) in [5, 5.41) is 7.70. The quantitative estimate of drug-likeness (QED) is 0.636. The van der Waals surface area contributed by atoms with E-state index in [1.165, 1.54) is 12.8 Å². The Bertz CT molecular complexity index is 770. The molecule has 0 saturated carbocycles. The number of anilines is 2. The van der Waals surface area contributed by atoms with Gasteiger partial charge in [-0.25, -0.2) is 4.98 Å². The number of nitrogens with zero attached hydrogens (tertiary/aromatic N) is 2. The lowest BCUT2D eigenvalue weighted by Gasteiger charge is -2.35. The van der Waals surface area contributed by atoms with Crippen LogP contribution in [-0.2, 0) is 0 Å². The maximum atomic E-state index is 6.64. The van der Waals surface area contributed by atoms with Crippen LogP contribution in [0.15, 0.2) is 18.2 Å². The maximum Gasteiger partial charge on any atom is 0.222 e. The number of nitrogens with one attached hydrogen (secondary N) is 2. The number of rotatable bonds is 5. The Balaban J connectivity index is 1.61. The molecule has 2 aliphatic heterocycles. The summed E-state index contributed by atoms with van der Waals surface area (Å²) in [6, 6.07) is 5.84. The smallest absolute Gasteiger partial charge is 0.222 e. The third-order valence-electron chi connectivity index (χ3n) is 5.94. The van der Waals surface area contributed by atoms with Crippen LogP contribution in [0.1, 0.15) is 32.1 Å². The molecule has 0 aliphatic carbocycles. The minimum absolute atomic E-state index is 0.192. The standard InChI is InChI=1S/C20H30N6O/c21-19-18-15(25-20(22)26-19)2-1-3-16(18)27-17(14-6-10-24-11-7-14)12-13-4-8-23-9-5-13/h1-3,13-14,17,23-24H,4-12H2,(H4,21,22,25,26). The highest BCUT2D eigenvalue weighted by atomic mass is 16.5. The summed E-state index contributed by atoms with van der Waals surface area (Å²) < 4.78 is 6.64. The Morgan fingerprint density at radius 1 is 1.00 bits per heavy atom. The van der Waals surface area contributed by atoms with Gasteiger partial charge in [-0.05, 0) is 82.3 Å². The first-order chi connectivity index (χ1) is 13.2. The Hall–Kier alpha value is -2.12. The molecule has 2 fully saturated rings. The summed E-state index contributed by atoms with van der Waals surface area (Å²) in [5.74, 6) is 2.64. The molecule has 2 aromatic rings. The topological polar surface area (TPSA) is 111 Å². The fourth-order valence-electron chi connectivity index (χ4n) is 4.46. The van der Waals surface area contributed by atoms with Gasteiger partial charge in [-0.15, -0.1) is 0 Å². The second kappa shape index (κ2) is 8.27. The van der Waals surface area contributed by atoms with Gasteiger partial charge in [0.15, 0.2) is 0 Å². The van der Waals surface area contributed by atoms with Crippen molar-refractivity contribution in [1.82, 2.24) is 20.6 Å². The average Bonchev–Trinajstić information content (AvgIpc) is 2.68. The summed E-state index contributed by atoms with van der Waals surface area (Å²) in [7, 11) is 0. The molecule has 0 radical (unpaired) electrons. The maximum absolute atomic E-state index is 6.64. The van der Waals surface area contributed by atoms with Gasteiger partial charge in [0.1, 0.15) is 17.7 Å². The first-order valence-electron chi connectivity index (χ1n) is 10.1. The van der Waals surface area contributed by atoms with Crippen molar-refractivity contribution in [3.63, 3.8) is 0 Å². The zero-order chi connectivity index (χ0) is 18.6. The molecule has 0 amide bonds. The van der Waals surface area contributed by atoms with Crippen LogP contribution in [-0.4, -0.2) is 42.3 Å². The van der Waals surface area contributed by atoms with Crippen molar-refractivity contribution >= 4 is 22.7 Å². The molecule has 7 heteroatoms. The Morgan fingerprint density at radius 2 is 1.70 bits per heavy atom. The van der Waals surface area contributed by atoms with Gasteiger partial charge in [0.2, 0.25) is 5.95 Å². The van der Waals surface area contributed by atoms with Gasteiger partial charge >= 0.3 is 0 Å². The molecule has 1 aromatic heterocycles. The Morgan fingerprint density at radius 3 is 2.44 bits per heavy atom. The van der Waals surface area contributed by atoms with Crippen LogP contribution in [0.4, 0.5) is 11.8 Å². The summed E-state index contributed by atoms with van der Waals surface area (Å²) in [4.78, 5) is 8.47. The molecular formula is C20H30N6O. The largest absolute Gasteiger partial charge is 0.489 e. The molecule has 2 aliphatic rings. The van der Waals surface area contributed by atoms with Crippen molar-refractivity contribution in [2.75, 3.05) is 37.6 Å². The lowest BCUT2D eigenvalue weighted by Crippen LogP contribution is -2.39. The first-order valence-corrected chi connectivity index (χ1v) is 10.1. The summed E-state index contributed by atoms with van der Waals surface area (Å²) in [6.07, 6.45) is 6.04. The van der Waals surface area contributed by atoms with E-state index >= 15 is 0 Å². The number of hydrogen-bond donors (Lipinski definition) is 4. The lowest BCUT2D eigenvalue weighted by atomic mass is 9.83. The van der Waals surface area contributed by atoms with Gasteiger partial charge in [-0.1, -0.05) is 6.07 Å². The third kappa shape index (κ3) is 4.25. The highest BCUT2D eigenvalue weighted by Crippen LogP contribution is 2.34. The van der Waals surface area contributed by atoms with Gasteiger partial charge in [-0.2, -0.15) is 4.98 Å². The highest BCUT2D eigenvalue weighted by molar-refractivity contribution is 5.94. The van der Waals surface area contributed by atoms with E-state index in [0.717, 1.165) is 62.1 Å². The van der Waals surface area contributed by atoms with Gasteiger partial charge in [0.25, 0.3) is 0 Å². The number of hydrogen-bond acceptors (Lipinski definition) is 7. The number of ether oxygens (including phenoxy) is 1. The van der Waals surface area contributed by atoms with Gasteiger partial charge in [0.05, 0.1) is 10.9 Å². The number of piperidine rings is 2. The number of fused-ring (bicyclic) bond motifs is 1. The highest BCUT2D eigenvalue weighted by Gasteiger charge is 2.29. The molecule has 4 rings (SSSR count). The predicted octanol–water partition coefficient (Wildman–Crippen LogP) is 1.93. The van der Waals surface area contributed by atoms with Gasteiger partial charge in [-0.3, -0.25) is 0 Å². The molecule has 1 atom stereocenters. The van der Waals surface area contributed by atoms with Crippen molar-refractivity contribution in [1.29, 1.82) is 0 Å². The second-order valence-electron chi connectivity index (χ2n) is 7.79. The zero-order valence-electron chi connectivity index (χ0n) is 15.8. The molecule has 6 N–H and O–H groups in total. The first kappa shape index (κ1) is 18.3. The van der Waals surface area contributed by atoms with Crippen LogP contribution >= 0.6 is 0 Å². The molecule has 0 spiro atoms. The monoisotopic (exact) mass is 370 g/mol. The van der Waals surface area contributed by atoms with Crippen molar-refractivity contribution in [2.24, 2.45) is 11.8 Å². The molecule has 2 saturated heterocycles. The zero-order valence-corrected chi connectivity index (χ0v) is 15.8. The Labute approximate surface area is 160 Å². The molecule has 1 unspecified atom stereocenters. The fourth-order valence-corrected chi connectivity index (χ4v) is 4.46.